The first-order chi connectivity index (χ1) is 9.02. The van der Waals surface area contributed by atoms with E-state index in [0.717, 1.165) is 16.3 Å². The molecule has 0 saturated carbocycles. The lowest BCUT2D eigenvalue weighted by molar-refractivity contribution is 0.0992. The molecule has 100 valence electrons. The monoisotopic (exact) mass is 277 g/mol. The summed E-state index contributed by atoms with van der Waals surface area (Å²) < 4.78 is 5.13. The second-order valence-electron chi connectivity index (χ2n) is 4.15. The Labute approximate surface area is 115 Å². The Hall–Kier alpha value is -1.95. The Morgan fingerprint density at radius 3 is 2.58 bits per heavy atom. The van der Waals surface area contributed by atoms with E-state index in [1.165, 1.54) is 16.2 Å². The number of benzene rings is 1. The van der Waals surface area contributed by atoms with E-state index in [1.807, 2.05) is 19.9 Å². The average Bonchev–Trinajstić information content (AvgIpc) is 2.83. The van der Waals surface area contributed by atoms with Gasteiger partial charge in [-0.15, -0.1) is 10.2 Å². The predicted octanol–water partition coefficient (Wildman–Crippen LogP) is 2.44. The molecule has 0 aliphatic heterocycles. The van der Waals surface area contributed by atoms with Crippen LogP contribution >= 0.6 is 11.3 Å². The number of hydrogen-bond acceptors (Lipinski definition) is 5. The maximum atomic E-state index is 12.4. The zero-order chi connectivity index (χ0) is 14.0. The molecule has 0 fully saturated rings. The summed E-state index contributed by atoms with van der Waals surface area (Å²) in [5, 5.41) is 9.32. The number of anilines is 1. The summed E-state index contributed by atoms with van der Waals surface area (Å²) in [6.07, 6.45) is 0. The van der Waals surface area contributed by atoms with E-state index in [0.29, 0.717) is 10.7 Å². The highest BCUT2D eigenvalue weighted by atomic mass is 32.1. The van der Waals surface area contributed by atoms with Crippen molar-refractivity contribution in [3.63, 3.8) is 0 Å². The molecular weight excluding hydrogens is 262 g/mol. The number of carbonyl (C=O) groups excluding carboxylic acids is 1. The van der Waals surface area contributed by atoms with Gasteiger partial charge in [-0.1, -0.05) is 11.3 Å². The lowest BCUT2D eigenvalue weighted by Gasteiger charge is -2.15. The fraction of sp³-hybridized carbons (Fsp3) is 0.308. The maximum Gasteiger partial charge on any atom is 0.260 e. The van der Waals surface area contributed by atoms with Gasteiger partial charge in [0.2, 0.25) is 5.13 Å². The first-order valence-corrected chi connectivity index (χ1v) is 6.57. The Morgan fingerprint density at radius 1 is 1.32 bits per heavy atom. The Kier molecular flexibility index (Phi) is 3.80. The molecule has 6 heteroatoms. The van der Waals surface area contributed by atoms with Crippen LogP contribution in [0.1, 0.15) is 20.9 Å². The largest absolute Gasteiger partial charge is 0.497 e. The molecule has 0 bridgehead atoms. The molecule has 0 atom stereocenters. The molecule has 1 heterocycles. The minimum atomic E-state index is -0.101. The topological polar surface area (TPSA) is 55.3 Å². The van der Waals surface area contributed by atoms with E-state index >= 15 is 0 Å². The van der Waals surface area contributed by atoms with Gasteiger partial charge in [0.1, 0.15) is 10.8 Å². The molecular formula is C13H15N3O2S. The van der Waals surface area contributed by atoms with Crippen LogP contribution in [-0.4, -0.2) is 30.3 Å². The van der Waals surface area contributed by atoms with Gasteiger partial charge in [0, 0.05) is 12.6 Å². The normalized spacial score (nSPS) is 10.3. The second kappa shape index (κ2) is 5.36. The number of aryl methyl sites for hydroxylation is 2. The quantitative estimate of drug-likeness (QED) is 0.864. The summed E-state index contributed by atoms with van der Waals surface area (Å²) in [5.41, 5.74) is 1.51. The third-order valence-corrected chi connectivity index (χ3v) is 3.69. The summed E-state index contributed by atoms with van der Waals surface area (Å²) in [4.78, 5) is 13.9. The van der Waals surface area contributed by atoms with Crippen molar-refractivity contribution in [1.82, 2.24) is 10.2 Å². The molecule has 1 aromatic carbocycles. The summed E-state index contributed by atoms with van der Waals surface area (Å²) >= 11 is 1.39. The highest BCUT2D eigenvalue weighted by Crippen LogP contribution is 2.23. The molecule has 0 unspecified atom stereocenters. The van der Waals surface area contributed by atoms with Gasteiger partial charge in [0.05, 0.1) is 7.11 Å². The van der Waals surface area contributed by atoms with Gasteiger partial charge in [0.15, 0.2) is 0 Å². The Bertz CT molecular complexity index is 610. The molecule has 0 radical (unpaired) electrons. The Morgan fingerprint density at radius 2 is 2.05 bits per heavy atom. The molecule has 0 aliphatic carbocycles. The van der Waals surface area contributed by atoms with Crippen molar-refractivity contribution in [2.75, 3.05) is 19.1 Å². The van der Waals surface area contributed by atoms with Crippen molar-refractivity contribution in [1.29, 1.82) is 0 Å². The minimum absolute atomic E-state index is 0.101. The molecule has 0 spiro atoms. The lowest BCUT2D eigenvalue weighted by Crippen LogP contribution is -2.26. The van der Waals surface area contributed by atoms with Crippen LogP contribution in [-0.2, 0) is 0 Å². The molecule has 2 rings (SSSR count). The third kappa shape index (κ3) is 2.73. The Balaban J connectivity index is 2.29. The smallest absolute Gasteiger partial charge is 0.260 e. The van der Waals surface area contributed by atoms with E-state index in [2.05, 4.69) is 10.2 Å². The number of methoxy groups -OCH3 is 1. The highest BCUT2D eigenvalue weighted by Gasteiger charge is 2.18. The number of carbonyl (C=O) groups is 1. The fourth-order valence-electron chi connectivity index (χ4n) is 1.69. The molecule has 1 amide bonds. The number of nitrogens with zero attached hydrogens (tertiary/aromatic N) is 3. The van der Waals surface area contributed by atoms with E-state index in [1.54, 1.807) is 26.3 Å². The van der Waals surface area contributed by atoms with E-state index in [-0.39, 0.29) is 5.91 Å². The average molecular weight is 277 g/mol. The third-order valence-electron chi connectivity index (χ3n) is 2.77. The second-order valence-corrected chi connectivity index (χ2v) is 5.31. The minimum Gasteiger partial charge on any atom is -0.497 e. The van der Waals surface area contributed by atoms with Crippen LogP contribution < -0.4 is 9.64 Å². The first-order valence-electron chi connectivity index (χ1n) is 5.75. The number of hydrogen-bond donors (Lipinski definition) is 0. The van der Waals surface area contributed by atoms with Gasteiger partial charge in [0.25, 0.3) is 5.91 Å². The molecule has 0 saturated heterocycles. The molecule has 5 nitrogen and oxygen atoms in total. The van der Waals surface area contributed by atoms with Crippen molar-refractivity contribution in [2.24, 2.45) is 0 Å². The molecule has 19 heavy (non-hydrogen) atoms. The van der Waals surface area contributed by atoms with Crippen LogP contribution in [0.2, 0.25) is 0 Å². The predicted molar refractivity (Wildman–Crippen MR) is 75.1 cm³/mol. The van der Waals surface area contributed by atoms with Crippen molar-refractivity contribution in [2.45, 2.75) is 13.8 Å². The van der Waals surface area contributed by atoms with E-state index < -0.39 is 0 Å². The van der Waals surface area contributed by atoms with Crippen LogP contribution in [0.15, 0.2) is 18.2 Å². The lowest BCUT2D eigenvalue weighted by atomic mass is 10.1. The molecule has 1 aromatic heterocycles. The SMILES string of the molecule is COc1ccc(C(=O)N(C)c2nnc(C)s2)c(C)c1. The summed E-state index contributed by atoms with van der Waals surface area (Å²) in [6.45, 7) is 3.74. The van der Waals surface area contributed by atoms with Crippen molar-refractivity contribution in [3.05, 3.63) is 34.3 Å². The standard InChI is InChI=1S/C13H15N3O2S/c1-8-7-10(18-4)5-6-11(8)12(17)16(3)13-15-14-9(2)19-13/h5-7H,1-4H3. The zero-order valence-corrected chi connectivity index (χ0v) is 12.1. The van der Waals surface area contributed by atoms with Crippen LogP contribution in [0.3, 0.4) is 0 Å². The van der Waals surface area contributed by atoms with Crippen LogP contribution in [0.5, 0.6) is 5.75 Å². The fourth-order valence-corrected chi connectivity index (χ4v) is 2.34. The van der Waals surface area contributed by atoms with Gasteiger partial charge >= 0.3 is 0 Å². The van der Waals surface area contributed by atoms with Gasteiger partial charge in [-0.3, -0.25) is 9.69 Å². The number of rotatable bonds is 3. The number of aromatic nitrogens is 2. The molecule has 0 N–H and O–H groups in total. The van der Waals surface area contributed by atoms with Gasteiger partial charge in [-0.25, -0.2) is 0 Å². The highest BCUT2D eigenvalue weighted by molar-refractivity contribution is 7.15. The number of ether oxygens (including phenoxy) is 1. The first kappa shape index (κ1) is 13.5. The maximum absolute atomic E-state index is 12.4. The zero-order valence-electron chi connectivity index (χ0n) is 11.3. The number of amides is 1. The molecule has 2 aromatic rings. The molecule has 0 aliphatic rings. The summed E-state index contributed by atoms with van der Waals surface area (Å²) in [6, 6.07) is 5.38. The van der Waals surface area contributed by atoms with Crippen molar-refractivity contribution in [3.8, 4) is 5.75 Å². The van der Waals surface area contributed by atoms with Gasteiger partial charge in [-0.05, 0) is 37.6 Å². The summed E-state index contributed by atoms with van der Waals surface area (Å²) in [7, 11) is 3.30. The van der Waals surface area contributed by atoms with Crippen LogP contribution in [0.4, 0.5) is 5.13 Å². The summed E-state index contributed by atoms with van der Waals surface area (Å²) in [5.74, 6) is 0.639. The van der Waals surface area contributed by atoms with Gasteiger partial charge < -0.3 is 4.74 Å². The van der Waals surface area contributed by atoms with Crippen LogP contribution in [0, 0.1) is 13.8 Å². The van der Waals surface area contributed by atoms with Crippen molar-refractivity contribution >= 4 is 22.4 Å². The van der Waals surface area contributed by atoms with Crippen LogP contribution in [0.25, 0.3) is 0 Å². The van der Waals surface area contributed by atoms with E-state index in [9.17, 15) is 4.79 Å². The van der Waals surface area contributed by atoms with Crippen molar-refractivity contribution < 1.29 is 9.53 Å². The van der Waals surface area contributed by atoms with Gasteiger partial charge in [-0.2, -0.15) is 0 Å². The van der Waals surface area contributed by atoms with E-state index in [4.69, 9.17) is 4.74 Å².